The van der Waals surface area contributed by atoms with E-state index in [1.165, 1.54) is 6.07 Å². The molecule has 7 nitrogen and oxygen atoms in total. The first-order valence-corrected chi connectivity index (χ1v) is 11.0. The number of nitrogens with two attached hydrogens (primary N) is 1. The van der Waals surface area contributed by atoms with Crippen molar-refractivity contribution in [2.24, 2.45) is 5.73 Å². The van der Waals surface area contributed by atoms with Gasteiger partial charge in [-0.2, -0.15) is 0 Å². The number of fused-ring (bicyclic) bond motifs is 1. The van der Waals surface area contributed by atoms with Gasteiger partial charge >= 0.3 is 0 Å². The zero-order valence-electron chi connectivity index (χ0n) is 17.3. The van der Waals surface area contributed by atoms with Gasteiger partial charge in [0.15, 0.2) is 0 Å². The van der Waals surface area contributed by atoms with Crippen molar-refractivity contribution in [3.8, 4) is 11.1 Å². The van der Waals surface area contributed by atoms with E-state index in [-0.39, 0.29) is 16.8 Å². The Morgan fingerprint density at radius 1 is 1.25 bits per heavy atom. The minimum atomic E-state index is -0.440. The Kier molecular flexibility index (Phi) is 5.15. The van der Waals surface area contributed by atoms with Crippen LogP contribution < -0.4 is 16.0 Å². The number of amides is 2. The molecule has 0 unspecified atom stereocenters. The molecule has 3 N–H and O–H groups in total. The number of halogens is 1. The predicted octanol–water partition coefficient (Wildman–Crippen LogP) is 3.61. The molecular weight excluding hydrogens is 429 g/mol. The van der Waals surface area contributed by atoms with Crippen LogP contribution in [0, 0.1) is 12.7 Å². The minimum absolute atomic E-state index is 0.0633. The SMILES string of the molecule is Cc1cc(C=C2SC(=O)NC2=O)nc2c(-c3ccc(N4CC[C@@H](N)C4)c(F)c3)ccnc12. The fourth-order valence-corrected chi connectivity index (χ4v) is 4.77. The number of thioether (sulfide) groups is 1. The van der Waals surface area contributed by atoms with Gasteiger partial charge in [0.1, 0.15) is 5.82 Å². The van der Waals surface area contributed by atoms with Crippen LogP contribution in [-0.2, 0) is 4.79 Å². The molecule has 32 heavy (non-hydrogen) atoms. The van der Waals surface area contributed by atoms with Gasteiger partial charge in [0.05, 0.1) is 27.3 Å². The number of pyridine rings is 2. The number of carbonyl (C=O) groups is 2. The van der Waals surface area contributed by atoms with Gasteiger partial charge in [-0.3, -0.25) is 19.9 Å². The Morgan fingerprint density at radius 3 is 2.78 bits per heavy atom. The van der Waals surface area contributed by atoms with E-state index in [9.17, 15) is 9.59 Å². The molecule has 5 rings (SSSR count). The van der Waals surface area contributed by atoms with Crippen LogP contribution in [0.4, 0.5) is 14.9 Å². The number of rotatable bonds is 3. The van der Waals surface area contributed by atoms with Gasteiger partial charge in [0, 0.05) is 30.9 Å². The summed E-state index contributed by atoms with van der Waals surface area (Å²) in [6.45, 7) is 3.28. The lowest BCUT2D eigenvalue weighted by Gasteiger charge is -2.19. The van der Waals surface area contributed by atoms with Crippen molar-refractivity contribution < 1.29 is 14.0 Å². The van der Waals surface area contributed by atoms with Crippen molar-refractivity contribution in [3.05, 3.63) is 58.5 Å². The molecule has 4 heterocycles. The minimum Gasteiger partial charge on any atom is -0.368 e. The number of nitrogens with zero attached hydrogens (tertiary/aromatic N) is 3. The second kappa shape index (κ2) is 7.99. The first-order valence-electron chi connectivity index (χ1n) is 10.2. The lowest BCUT2D eigenvalue weighted by atomic mass is 10.0. The summed E-state index contributed by atoms with van der Waals surface area (Å²) in [6, 6.07) is 8.83. The Hall–Kier alpha value is -3.30. The second-order valence-corrected chi connectivity index (χ2v) is 8.95. The standard InChI is InChI=1S/C23H20FN5O2S/c1-12-8-15(10-19-22(30)28-23(31)32-19)27-21-16(4-6-26-20(12)21)13-2-3-18(17(24)9-13)29-7-5-14(25)11-29/h2-4,6,8-10,14H,5,7,11,25H2,1H3,(H,28,30,31)/t14-/m1/s1. The highest BCUT2D eigenvalue weighted by molar-refractivity contribution is 8.18. The molecule has 162 valence electrons. The molecule has 2 aliphatic heterocycles. The van der Waals surface area contributed by atoms with Gasteiger partial charge in [-0.05, 0) is 66.6 Å². The summed E-state index contributed by atoms with van der Waals surface area (Å²) in [7, 11) is 0. The number of carbonyl (C=O) groups excluding carboxylic acids is 2. The largest absolute Gasteiger partial charge is 0.368 e. The Morgan fingerprint density at radius 2 is 2.09 bits per heavy atom. The highest BCUT2D eigenvalue weighted by atomic mass is 32.2. The number of aryl methyl sites for hydroxylation is 1. The van der Waals surface area contributed by atoms with Crippen LogP contribution in [-0.4, -0.2) is 40.2 Å². The maximum Gasteiger partial charge on any atom is 0.290 e. The molecule has 0 spiro atoms. The van der Waals surface area contributed by atoms with E-state index in [1.807, 2.05) is 24.0 Å². The number of imide groups is 1. The number of hydrogen-bond acceptors (Lipinski definition) is 7. The maximum absolute atomic E-state index is 15.0. The molecule has 3 aromatic rings. The molecule has 2 aromatic heterocycles. The van der Waals surface area contributed by atoms with E-state index in [1.54, 1.807) is 24.4 Å². The summed E-state index contributed by atoms with van der Waals surface area (Å²) in [5, 5.41) is 1.83. The number of nitrogens with one attached hydrogen (secondary N) is 1. The Bertz CT molecular complexity index is 1310. The second-order valence-electron chi connectivity index (χ2n) is 7.93. The van der Waals surface area contributed by atoms with Gasteiger partial charge < -0.3 is 10.6 Å². The smallest absolute Gasteiger partial charge is 0.290 e. The summed E-state index contributed by atoms with van der Waals surface area (Å²) >= 11 is 0.839. The van der Waals surface area contributed by atoms with Gasteiger partial charge in [-0.15, -0.1) is 0 Å². The molecule has 1 atom stereocenters. The monoisotopic (exact) mass is 449 g/mol. The van der Waals surface area contributed by atoms with E-state index in [2.05, 4.69) is 15.3 Å². The molecule has 9 heteroatoms. The topological polar surface area (TPSA) is 101 Å². The summed E-state index contributed by atoms with van der Waals surface area (Å²) in [5.74, 6) is -0.751. The van der Waals surface area contributed by atoms with Crippen LogP contribution in [0.3, 0.4) is 0 Å². The normalized spacial score (nSPS) is 19.9. The molecule has 0 radical (unpaired) electrons. The number of hydrogen-bond donors (Lipinski definition) is 2. The van der Waals surface area contributed by atoms with Gasteiger partial charge in [-0.25, -0.2) is 9.37 Å². The first kappa shape index (κ1) is 20.6. The number of anilines is 1. The van der Waals surface area contributed by atoms with E-state index in [4.69, 9.17) is 5.73 Å². The van der Waals surface area contributed by atoms with Crippen molar-refractivity contribution in [3.63, 3.8) is 0 Å². The quantitative estimate of drug-likeness (QED) is 0.589. The van der Waals surface area contributed by atoms with Gasteiger partial charge in [0.25, 0.3) is 11.1 Å². The molecule has 1 aromatic carbocycles. The summed E-state index contributed by atoms with van der Waals surface area (Å²) in [4.78, 5) is 34.7. The fourth-order valence-electron chi connectivity index (χ4n) is 4.11. The zero-order valence-corrected chi connectivity index (χ0v) is 18.1. The third kappa shape index (κ3) is 3.74. The number of aromatic nitrogens is 2. The Balaban J connectivity index is 1.58. The fraction of sp³-hybridized carbons (Fsp3) is 0.217. The van der Waals surface area contributed by atoms with Crippen molar-refractivity contribution in [2.75, 3.05) is 18.0 Å². The van der Waals surface area contributed by atoms with E-state index >= 15 is 4.39 Å². The van der Waals surface area contributed by atoms with Gasteiger partial charge in [-0.1, -0.05) is 6.07 Å². The molecule has 2 fully saturated rings. The van der Waals surface area contributed by atoms with Crippen molar-refractivity contribution in [2.45, 2.75) is 19.4 Å². The molecule has 0 saturated carbocycles. The van der Waals surface area contributed by atoms with Crippen molar-refractivity contribution >= 4 is 45.7 Å². The lowest BCUT2D eigenvalue weighted by Crippen LogP contribution is -2.26. The molecule has 0 bridgehead atoms. The molecule has 2 aliphatic rings. The van der Waals surface area contributed by atoms with Crippen LogP contribution in [0.2, 0.25) is 0 Å². The van der Waals surface area contributed by atoms with Crippen LogP contribution in [0.1, 0.15) is 17.7 Å². The van der Waals surface area contributed by atoms with Crippen LogP contribution in [0.15, 0.2) is 41.4 Å². The van der Waals surface area contributed by atoms with Crippen LogP contribution in [0.5, 0.6) is 0 Å². The first-order chi connectivity index (χ1) is 15.4. The highest BCUT2D eigenvalue weighted by Gasteiger charge is 2.25. The zero-order chi connectivity index (χ0) is 22.4. The lowest BCUT2D eigenvalue weighted by molar-refractivity contribution is -0.115. The highest BCUT2D eigenvalue weighted by Crippen LogP contribution is 2.33. The summed E-state index contributed by atoms with van der Waals surface area (Å²) < 4.78 is 15.0. The van der Waals surface area contributed by atoms with Crippen LogP contribution >= 0.6 is 11.8 Å². The molecule has 2 amide bonds. The van der Waals surface area contributed by atoms with E-state index in [0.29, 0.717) is 34.5 Å². The third-order valence-electron chi connectivity index (χ3n) is 5.65. The molecular formula is C23H20FN5O2S. The average molecular weight is 450 g/mol. The predicted molar refractivity (Wildman–Crippen MR) is 124 cm³/mol. The maximum atomic E-state index is 15.0. The van der Waals surface area contributed by atoms with E-state index < -0.39 is 11.1 Å². The third-order valence-corrected chi connectivity index (χ3v) is 6.46. The van der Waals surface area contributed by atoms with E-state index in [0.717, 1.165) is 35.9 Å². The summed E-state index contributed by atoms with van der Waals surface area (Å²) in [5.41, 5.74) is 10.6. The average Bonchev–Trinajstić information content (AvgIpc) is 3.32. The van der Waals surface area contributed by atoms with Crippen LogP contribution in [0.25, 0.3) is 28.2 Å². The summed E-state index contributed by atoms with van der Waals surface area (Å²) in [6.07, 6.45) is 4.10. The molecule has 2 saturated heterocycles. The number of benzene rings is 1. The van der Waals surface area contributed by atoms with Gasteiger partial charge in [0.2, 0.25) is 0 Å². The molecule has 0 aliphatic carbocycles. The van der Waals surface area contributed by atoms with Crippen molar-refractivity contribution in [1.29, 1.82) is 0 Å². The van der Waals surface area contributed by atoms with Crippen molar-refractivity contribution in [1.82, 2.24) is 15.3 Å². The Labute approximate surface area is 187 Å².